The van der Waals surface area contributed by atoms with E-state index in [0.29, 0.717) is 12.3 Å². The van der Waals surface area contributed by atoms with Crippen molar-refractivity contribution in [1.82, 2.24) is 10.6 Å². The molecule has 6 nitrogen and oxygen atoms in total. The molecule has 0 aromatic heterocycles. The summed E-state index contributed by atoms with van der Waals surface area (Å²) in [5.41, 5.74) is -0.586. The molecule has 1 heterocycles. The molecule has 20 heavy (non-hydrogen) atoms. The van der Waals surface area contributed by atoms with Crippen LogP contribution in [0.1, 0.15) is 40.0 Å². The largest absolute Gasteiger partial charge is 0.467 e. The second kappa shape index (κ2) is 7.47. The van der Waals surface area contributed by atoms with E-state index in [1.165, 1.54) is 7.11 Å². The van der Waals surface area contributed by atoms with Gasteiger partial charge in [0.2, 0.25) is 0 Å². The fourth-order valence-electron chi connectivity index (χ4n) is 2.26. The van der Waals surface area contributed by atoms with Crippen molar-refractivity contribution in [3.8, 4) is 0 Å². The summed E-state index contributed by atoms with van der Waals surface area (Å²) in [4.78, 5) is 23.5. The lowest BCUT2D eigenvalue weighted by Crippen LogP contribution is -2.46. The number of carbonyl (C=O) groups is 2. The highest BCUT2D eigenvalue weighted by atomic mass is 16.6. The zero-order chi connectivity index (χ0) is 15.2. The molecule has 1 amide bonds. The van der Waals surface area contributed by atoms with Crippen LogP contribution in [-0.2, 0) is 14.3 Å². The Morgan fingerprint density at radius 2 is 2.10 bits per heavy atom. The highest BCUT2D eigenvalue weighted by Gasteiger charge is 2.28. The Hall–Kier alpha value is -1.30. The number of hydrogen-bond donors (Lipinski definition) is 2. The zero-order valence-electron chi connectivity index (χ0n) is 12.8. The van der Waals surface area contributed by atoms with Gasteiger partial charge in [-0.3, -0.25) is 0 Å². The number of hydrogen-bond acceptors (Lipinski definition) is 5. The Morgan fingerprint density at radius 1 is 1.40 bits per heavy atom. The van der Waals surface area contributed by atoms with Crippen molar-refractivity contribution in [3.05, 3.63) is 0 Å². The monoisotopic (exact) mass is 286 g/mol. The molecule has 0 aliphatic carbocycles. The van der Waals surface area contributed by atoms with Crippen LogP contribution in [0.4, 0.5) is 4.79 Å². The van der Waals surface area contributed by atoms with Crippen LogP contribution in [0.2, 0.25) is 0 Å². The summed E-state index contributed by atoms with van der Waals surface area (Å²) in [5.74, 6) is -0.0655. The lowest BCUT2D eigenvalue weighted by atomic mass is 9.92. The smallest absolute Gasteiger partial charge is 0.408 e. The molecule has 2 atom stereocenters. The van der Waals surface area contributed by atoms with Gasteiger partial charge in [-0.05, 0) is 59.0 Å². The molecule has 1 fully saturated rings. The number of nitrogens with one attached hydrogen (secondary N) is 2. The van der Waals surface area contributed by atoms with Crippen LogP contribution in [0.15, 0.2) is 0 Å². The summed E-state index contributed by atoms with van der Waals surface area (Å²) < 4.78 is 9.93. The molecule has 1 saturated heterocycles. The van der Waals surface area contributed by atoms with Gasteiger partial charge in [-0.1, -0.05) is 0 Å². The number of alkyl carbamates (subject to hydrolysis) is 1. The highest BCUT2D eigenvalue weighted by Crippen LogP contribution is 2.17. The molecule has 116 valence electrons. The molecule has 6 heteroatoms. The Kier molecular flexibility index (Phi) is 6.26. The van der Waals surface area contributed by atoms with Gasteiger partial charge in [0.1, 0.15) is 11.6 Å². The molecule has 0 radical (unpaired) electrons. The lowest BCUT2D eigenvalue weighted by molar-refractivity contribution is -0.143. The van der Waals surface area contributed by atoms with Crippen molar-refractivity contribution in [1.29, 1.82) is 0 Å². The van der Waals surface area contributed by atoms with Crippen molar-refractivity contribution < 1.29 is 19.1 Å². The predicted molar refractivity (Wildman–Crippen MR) is 75.4 cm³/mol. The Bertz CT molecular complexity index is 333. The quantitative estimate of drug-likeness (QED) is 0.765. The number of esters is 1. The summed E-state index contributed by atoms with van der Waals surface area (Å²) in [7, 11) is 1.32. The maximum Gasteiger partial charge on any atom is 0.408 e. The molecular weight excluding hydrogens is 260 g/mol. The van der Waals surface area contributed by atoms with Gasteiger partial charge in [-0.25, -0.2) is 9.59 Å². The topological polar surface area (TPSA) is 76.7 Å². The van der Waals surface area contributed by atoms with Gasteiger partial charge in [0.15, 0.2) is 0 Å². The Morgan fingerprint density at radius 3 is 2.60 bits per heavy atom. The molecule has 0 bridgehead atoms. The van der Waals surface area contributed by atoms with Gasteiger partial charge < -0.3 is 20.1 Å². The fraction of sp³-hybridized carbons (Fsp3) is 0.857. The minimum absolute atomic E-state index is 0.364. The average molecular weight is 286 g/mol. The van der Waals surface area contributed by atoms with Crippen LogP contribution in [0.5, 0.6) is 0 Å². The van der Waals surface area contributed by atoms with Gasteiger partial charge in [-0.2, -0.15) is 0 Å². The summed E-state index contributed by atoms with van der Waals surface area (Å²) in [6.07, 6.45) is 2.12. The fourth-order valence-corrected chi connectivity index (χ4v) is 2.26. The normalized spacial score (nSPS) is 20.9. The molecular formula is C14H26N2O4. The zero-order valence-corrected chi connectivity index (χ0v) is 12.8. The van der Waals surface area contributed by atoms with Crippen LogP contribution < -0.4 is 10.6 Å². The Labute approximate surface area is 120 Å². The van der Waals surface area contributed by atoms with Crippen LogP contribution in [-0.4, -0.2) is 43.9 Å². The third-order valence-electron chi connectivity index (χ3n) is 3.14. The van der Waals surface area contributed by atoms with E-state index in [4.69, 9.17) is 9.47 Å². The van der Waals surface area contributed by atoms with E-state index in [-0.39, 0.29) is 0 Å². The molecule has 2 N–H and O–H groups in total. The van der Waals surface area contributed by atoms with E-state index in [9.17, 15) is 9.59 Å². The van der Waals surface area contributed by atoms with Crippen LogP contribution in [0, 0.1) is 5.92 Å². The number of methoxy groups -OCH3 is 1. The summed E-state index contributed by atoms with van der Waals surface area (Å²) >= 11 is 0. The maximum absolute atomic E-state index is 11.8. The van der Waals surface area contributed by atoms with Crippen molar-refractivity contribution in [3.63, 3.8) is 0 Å². The van der Waals surface area contributed by atoms with Gasteiger partial charge in [0.25, 0.3) is 0 Å². The first-order chi connectivity index (χ1) is 9.31. The van der Waals surface area contributed by atoms with Gasteiger partial charge >= 0.3 is 12.1 Å². The molecule has 1 rings (SSSR count). The molecule has 0 spiro atoms. The minimum atomic E-state index is -0.653. The van der Waals surface area contributed by atoms with Crippen molar-refractivity contribution in [2.75, 3.05) is 20.2 Å². The van der Waals surface area contributed by atoms with Gasteiger partial charge in [0, 0.05) is 0 Å². The molecule has 1 aliphatic rings. The van der Waals surface area contributed by atoms with Crippen LogP contribution in [0.25, 0.3) is 0 Å². The second-order valence-corrected chi connectivity index (χ2v) is 6.17. The third-order valence-corrected chi connectivity index (χ3v) is 3.14. The first kappa shape index (κ1) is 16.8. The molecule has 2 unspecified atom stereocenters. The number of piperidine rings is 1. The standard InChI is InChI=1S/C14H26N2O4/c1-14(2,3)20-13(18)16-11(12(17)19-4)8-10-6-5-7-15-9-10/h10-11,15H,5-9H2,1-4H3,(H,16,18). The van der Waals surface area contributed by atoms with Crippen LogP contribution >= 0.6 is 0 Å². The summed E-state index contributed by atoms with van der Waals surface area (Å²) in [5, 5.41) is 5.90. The highest BCUT2D eigenvalue weighted by molar-refractivity contribution is 5.81. The van der Waals surface area contributed by atoms with Gasteiger partial charge in [0.05, 0.1) is 7.11 Å². The van der Waals surface area contributed by atoms with E-state index in [2.05, 4.69) is 10.6 Å². The Balaban J connectivity index is 2.55. The SMILES string of the molecule is COC(=O)C(CC1CCCNC1)NC(=O)OC(C)(C)C. The van der Waals surface area contributed by atoms with E-state index in [1.54, 1.807) is 20.8 Å². The lowest BCUT2D eigenvalue weighted by Gasteiger charge is -2.27. The first-order valence-corrected chi connectivity index (χ1v) is 7.10. The molecule has 1 aliphatic heterocycles. The van der Waals surface area contributed by atoms with Crippen molar-refractivity contribution in [2.45, 2.75) is 51.7 Å². The van der Waals surface area contributed by atoms with E-state index < -0.39 is 23.7 Å². The molecule has 0 aromatic rings. The maximum atomic E-state index is 11.8. The number of ether oxygens (including phenoxy) is 2. The number of carbonyl (C=O) groups excluding carboxylic acids is 2. The number of amides is 1. The van der Waals surface area contributed by atoms with Crippen LogP contribution in [0.3, 0.4) is 0 Å². The number of rotatable bonds is 4. The van der Waals surface area contributed by atoms with E-state index >= 15 is 0 Å². The van der Waals surface area contributed by atoms with Crippen molar-refractivity contribution >= 4 is 12.1 Å². The van der Waals surface area contributed by atoms with Gasteiger partial charge in [-0.15, -0.1) is 0 Å². The molecule has 0 saturated carbocycles. The summed E-state index contributed by atoms with van der Waals surface area (Å²) in [6, 6.07) is -0.653. The van der Waals surface area contributed by atoms with Crippen molar-refractivity contribution in [2.24, 2.45) is 5.92 Å². The summed E-state index contributed by atoms with van der Waals surface area (Å²) in [6.45, 7) is 7.22. The molecule has 0 aromatic carbocycles. The predicted octanol–water partition coefficient (Wildman–Crippen LogP) is 1.44. The second-order valence-electron chi connectivity index (χ2n) is 6.17. The minimum Gasteiger partial charge on any atom is -0.467 e. The first-order valence-electron chi connectivity index (χ1n) is 7.10. The average Bonchev–Trinajstić information content (AvgIpc) is 2.36. The van der Waals surface area contributed by atoms with E-state index in [0.717, 1.165) is 25.9 Å². The van der Waals surface area contributed by atoms with E-state index in [1.807, 2.05) is 0 Å². The third kappa shape index (κ3) is 6.23.